The van der Waals surface area contributed by atoms with Crippen molar-refractivity contribution in [1.82, 2.24) is 4.98 Å². The molecule has 2 N–H and O–H groups in total. The molecule has 1 aliphatic heterocycles. The van der Waals surface area contributed by atoms with Crippen LogP contribution in [0.2, 0.25) is 0 Å². The molecule has 2 heterocycles. The van der Waals surface area contributed by atoms with E-state index in [-0.39, 0.29) is 16.9 Å². The smallest absolute Gasteiger partial charge is 0.418 e. The lowest BCUT2D eigenvalue weighted by atomic mass is 9.95. The van der Waals surface area contributed by atoms with Gasteiger partial charge in [0.2, 0.25) is 0 Å². The van der Waals surface area contributed by atoms with Crippen LogP contribution < -0.4 is 4.90 Å². The Morgan fingerprint density at radius 1 is 1.00 bits per heavy atom. The van der Waals surface area contributed by atoms with Crippen LogP contribution in [0, 0.1) is 0 Å². The van der Waals surface area contributed by atoms with E-state index in [1.807, 2.05) is 0 Å². The molecular formula is C24H19F5N2O3. The van der Waals surface area contributed by atoms with Gasteiger partial charge >= 0.3 is 6.18 Å². The SMILES string of the molecule is CC(F)(F)c1ccc(C(F)(F)F)c(-c2ccc3c(c2)CCCN3C(=O)c2ccc(O)cc2O)n1. The van der Waals surface area contributed by atoms with Gasteiger partial charge in [-0.05, 0) is 54.8 Å². The molecule has 1 aliphatic rings. The summed E-state index contributed by atoms with van der Waals surface area (Å²) in [7, 11) is 0. The summed E-state index contributed by atoms with van der Waals surface area (Å²) in [6.07, 6.45) is -3.87. The quantitative estimate of drug-likeness (QED) is 0.461. The molecule has 1 amide bonds. The minimum absolute atomic E-state index is 0.000968. The number of hydrogen-bond donors (Lipinski definition) is 2. The van der Waals surface area contributed by atoms with E-state index in [1.165, 1.54) is 35.2 Å². The molecule has 0 bridgehead atoms. The summed E-state index contributed by atoms with van der Waals surface area (Å²) < 4.78 is 68.4. The maximum Gasteiger partial charge on any atom is 0.418 e. The fraction of sp³-hybridized carbons (Fsp3) is 0.250. The number of aromatic hydroxyl groups is 2. The molecule has 178 valence electrons. The van der Waals surface area contributed by atoms with Gasteiger partial charge in [0.25, 0.3) is 11.8 Å². The predicted molar refractivity (Wildman–Crippen MR) is 114 cm³/mol. The number of benzene rings is 2. The van der Waals surface area contributed by atoms with Crippen molar-refractivity contribution in [2.24, 2.45) is 0 Å². The Balaban J connectivity index is 1.78. The monoisotopic (exact) mass is 478 g/mol. The molecule has 0 unspecified atom stereocenters. The maximum absolute atomic E-state index is 13.8. The molecule has 4 rings (SSSR count). The van der Waals surface area contributed by atoms with E-state index in [2.05, 4.69) is 4.98 Å². The minimum atomic E-state index is -4.81. The van der Waals surface area contributed by atoms with Crippen LogP contribution in [0.15, 0.2) is 48.5 Å². The number of phenols is 2. The third-order valence-electron chi connectivity index (χ3n) is 5.58. The lowest BCUT2D eigenvalue weighted by molar-refractivity contribution is -0.137. The van der Waals surface area contributed by atoms with Gasteiger partial charge in [-0.2, -0.15) is 22.0 Å². The average molecular weight is 478 g/mol. The number of anilines is 1. The standard InChI is InChI=1S/C24H19F5N2O3/c1-23(25,26)20-9-7-17(24(27,28)29)21(30-20)14-4-8-18-13(11-14)3-2-10-31(18)22(34)16-6-5-15(32)12-19(16)33/h4-9,11-12,32-33H,2-3,10H2,1H3. The fourth-order valence-corrected chi connectivity index (χ4v) is 3.95. The third-order valence-corrected chi connectivity index (χ3v) is 5.58. The molecule has 0 atom stereocenters. The van der Waals surface area contributed by atoms with Crippen LogP contribution in [0.5, 0.6) is 11.5 Å². The van der Waals surface area contributed by atoms with Crippen molar-refractivity contribution in [1.29, 1.82) is 0 Å². The van der Waals surface area contributed by atoms with Crippen LogP contribution >= 0.6 is 0 Å². The number of nitrogens with zero attached hydrogens (tertiary/aromatic N) is 2. The summed E-state index contributed by atoms with van der Waals surface area (Å²) in [5.74, 6) is -4.61. The third kappa shape index (κ3) is 4.40. The maximum atomic E-state index is 13.8. The van der Waals surface area contributed by atoms with E-state index >= 15 is 0 Å². The molecule has 0 radical (unpaired) electrons. The molecule has 2 aromatic carbocycles. The summed E-state index contributed by atoms with van der Waals surface area (Å²) in [4.78, 5) is 18.1. The summed E-state index contributed by atoms with van der Waals surface area (Å²) in [5.41, 5.74) is -1.62. The number of aromatic nitrogens is 1. The zero-order valence-corrected chi connectivity index (χ0v) is 17.8. The second-order valence-corrected chi connectivity index (χ2v) is 8.08. The summed E-state index contributed by atoms with van der Waals surface area (Å²) in [5, 5.41) is 19.5. The lowest BCUT2D eigenvalue weighted by Gasteiger charge is -2.30. The normalized spacial score (nSPS) is 14.1. The van der Waals surface area contributed by atoms with Crippen LogP contribution in [-0.2, 0) is 18.5 Å². The second-order valence-electron chi connectivity index (χ2n) is 8.08. The molecule has 0 spiro atoms. The summed E-state index contributed by atoms with van der Waals surface area (Å²) in [6.45, 7) is 0.858. The number of alkyl halides is 5. The molecule has 0 aliphatic carbocycles. The number of carbonyl (C=O) groups excluding carboxylic acids is 1. The fourth-order valence-electron chi connectivity index (χ4n) is 3.95. The summed E-state index contributed by atoms with van der Waals surface area (Å²) in [6, 6.07) is 8.97. The molecule has 0 saturated carbocycles. The molecule has 10 heteroatoms. The Kier molecular flexibility index (Phi) is 5.71. The van der Waals surface area contributed by atoms with E-state index < -0.39 is 40.7 Å². The minimum Gasteiger partial charge on any atom is -0.508 e. The molecule has 5 nitrogen and oxygen atoms in total. The number of halogens is 5. The van der Waals surface area contributed by atoms with E-state index in [0.717, 1.165) is 6.07 Å². The van der Waals surface area contributed by atoms with Gasteiger partial charge in [0.05, 0.1) is 16.8 Å². The zero-order valence-electron chi connectivity index (χ0n) is 17.8. The number of amides is 1. The topological polar surface area (TPSA) is 73.7 Å². The lowest BCUT2D eigenvalue weighted by Crippen LogP contribution is -2.35. The van der Waals surface area contributed by atoms with Crippen LogP contribution in [-0.4, -0.2) is 27.6 Å². The van der Waals surface area contributed by atoms with Gasteiger partial charge in [-0.1, -0.05) is 6.07 Å². The number of phenolic OH excluding ortho intramolecular Hbond substituents is 2. The molecule has 3 aromatic rings. The first-order valence-corrected chi connectivity index (χ1v) is 10.3. The van der Waals surface area contributed by atoms with Crippen molar-refractivity contribution in [3.8, 4) is 22.8 Å². The Bertz CT molecular complexity index is 1270. The first kappa shape index (κ1) is 23.5. The van der Waals surface area contributed by atoms with Crippen LogP contribution in [0.1, 0.15) is 40.5 Å². The van der Waals surface area contributed by atoms with Crippen molar-refractivity contribution < 1.29 is 37.0 Å². The van der Waals surface area contributed by atoms with Gasteiger partial charge in [0.1, 0.15) is 17.2 Å². The second kappa shape index (κ2) is 8.27. The highest BCUT2D eigenvalue weighted by molar-refractivity contribution is 6.08. The number of carbonyl (C=O) groups is 1. The van der Waals surface area contributed by atoms with Crippen molar-refractivity contribution >= 4 is 11.6 Å². The number of aryl methyl sites for hydroxylation is 1. The van der Waals surface area contributed by atoms with Gasteiger partial charge < -0.3 is 15.1 Å². The van der Waals surface area contributed by atoms with E-state index in [9.17, 15) is 37.0 Å². The highest BCUT2D eigenvalue weighted by Gasteiger charge is 2.37. The Labute approximate surface area is 191 Å². The van der Waals surface area contributed by atoms with Gasteiger partial charge in [-0.15, -0.1) is 0 Å². The highest BCUT2D eigenvalue weighted by atomic mass is 19.4. The predicted octanol–water partition coefficient (Wildman–Crippen LogP) is 5.88. The first-order chi connectivity index (χ1) is 15.9. The molecule has 1 aromatic heterocycles. The Morgan fingerprint density at radius 2 is 1.74 bits per heavy atom. The average Bonchev–Trinajstić information content (AvgIpc) is 2.76. The van der Waals surface area contributed by atoms with Gasteiger partial charge in [0.15, 0.2) is 0 Å². The number of rotatable bonds is 3. The molecular weight excluding hydrogens is 459 g/mol. The van der Waals surface area contributed by atoms with Crippen LogP contribution in [0.25, 0.3) is 11.3 Å². The van der Waals surface area contributed by atoms with Gasteiger partial charge in [0, 0.05) is 30.8 Å². The van der Waals surface area contributed by atoms with Crippen LogP contribution in [0.3, 0.4) is 0 Å². The number of hydrogen-bond acceptors (Lipinski definition) is 4. The molecule has 0 fully saturated rings. The van der Waals surface area contributed by atoms with Crippen molar-refractivity contribution in [3.05, 3.63) is 70.9 Å². The highest BCUT2D eigenvalue weighted by Crippen LogP contribution is 2.40. The van der Waals surface area contributed by atoms with Gasteiger partial charge in [-0.25, -0.2) is 4.98 Å². The first-order valence-electron chi connectivity index (χ1n) is 10.3. The largest absolute Gasteiger partial charge is 0.508 e. The molecule has 34 heavy (non-hydrogen) atoms. The number of pyridine rings is 1. The van der Waals surface area contributed by atoms with Crippen molar-refractivity contribution in [3.63, 3.8) is 0 Å². The van der Waals surface area contributed by atoms with Gasteiger partial charge in [-0.3, -0.25) is 4.79 Å². The summed E-state index contributed by atoms with van der Waals surface area (Å²) >= 11 is 0. The Morgan fingerprint density at radius 3 is 2.38 bits per heavy atom. The molecule has 0 saturated heterocycles. The van der Waals surface area contributed by atoms with Crippen LogP contribution in [0.4, 0.5) is 27.6 Å². The van der Waals surface area contributed by atoms with E-state index in [1.54, 1.807) is 0 Å². The van der Waals surface area contributed by atoms with Crippen molar-refractivity contribution in [2.75, 3.05) is 11.4 Å². The van der Waals surface area contributed by atoms with E-state index in [0.29, 0.717) is 49.7 Å². The Hall–Kier alpha value is -3.69. The number of fused-ring (bicyclic) bond motifs is 1. The zero-order chi connectivity index (χ0) is 24.8. The van der Waals surface area contributed by atoms with Crippen molar-refractivity contribution in [2.45, 2.75) is 31.9 Å². The van der Waals surface area contributed by atoms with E-state index in [4.69, 9.17) is 0 Å².